The number of piperazine rings is 1. The fourth-order valence-electron chi connectivity index (χ4n) is 4.63. The number of allylic oxidation sites excluding steroid dienone is 2. The molecule has 2 bridgehead atoms. The summed E-state index contributed by atoms with van der Waals surface area (Å²) in [5.74, 6) is -0.0444. The number of carboxylic acids is 2. The van der Waals surface area contributed by atoms with Gasteiger partial charge >= 0.3 is 11.9 Å². The molecule has 1 aromatic carbocycles. The molecule has 3 unspecified atom stereocenters. The van der Waals surface area contributed by atoms with E-state index in [0.717, 1.165) is 34.5 Å². The molecule has 0 radical (unpaired) electrons. The van der Waals surface area contributed by atoms with Crippen LogP contribution >= 0.6 is 15.9 Å². The minimum atomic E-state index is -1.82. The van der Waals surface area contributed by atoms with Crippen molar-refractivity contribution < 1.29 is 24.5 Å². The first-order valence-electron chi connectivity index (χ1n) is 10.3. The third-order valence-corrected chi connectivity index (χ3v) is 6.80. The van der Waals surface area contributed by atoms with Gasteiger partial charge in [0.15, 0.2) is 0 Å². The average molecular weight is 481 g/mol. The minimum absolute atomic E-state index is 0.879. The largest absolute Gasteiger partial charge is 0.496 e. The molecule has 0 spiro atoms. The van der Waals surface area contributed by atoms with Crippen LogP contribution in [0.5, 0.6) is 5.75 Å². The Balaban J connectivity index is 0.000000377. The van der Waals surface area contributed by atoms with Gasteiger partial charge in [-0.2, -0.15) is 0 Å². The Morgan fingerprint density at radius 1 is 1.07 bits per heavy atom. The van der Waals surface area contributed by atoms with Gasteiger partial charge in [-0.3, -0.25) is 4.90 Å². The normalized spacial score (nSPS) is 25.6. The Morgan fingerprint density at radius 2 is 1.73 bits per heavy atom. The number of benzene rings is 1. The molecule has 8 heteroatoms. The zero-order valence-electron chi connectivity index (χ0n) is 17.2. The highest BCUT2D eigenvalue weighted by molar-refractivity contribution is 9.10. The lowest BCUT2D eigenvalue weighted by atomic mass is 9.93. The Bertz CT molecular complexity index is 780. The van der Waals surface area contributed by atoms with Crippen molar-refractivity contribution in [1.29, 1.82) is 0 Å². The molecule has 30 heavy (non-hydrogen) atoms. The van der Waals surface area contributed by atoms with Crippen molar-refractivity contribution in [2.24, 2.45) is 17.8 Å². The number of aliphatic carboxylic acids is 2. The van der Waals surface area contributed by atoms with Crippen LogP contribution in [-0.4, -0.2) is 71.8 Å². The number of hydrogen-bond donors (Lipinski definition) is 2. The molecule has 4 rings (SSSR count). The molecule has 0 amide bonds. The summed E-state index contributed by atoms with van der Waals surface area (Å²) in [6.07, 6.45) is 7.79. The lowest BCUT2D eigenvalue weighted by molar-refractivity contribution is -0.159. The molecule has 0 aromatic heterocycles. The molecule has 164 valence electrons. The van der Waals surface area contributed by atoms with Gasteiger partial charge in [-0.1, -0.05) is 18.2 Å². The van der Waals surface area contributed by atoms with Crippen LogP contribution in [0.3, 0.4) is 0 Å². The highest BCUT2D eigenvalue weighted by Gasteiger charge is 2.36. The molecule has 3 aliphatic rings. The van der Waals surface area contributed by atoms with Crippen LogP contribution in [0.25, 0.3) is 0 Å². The van der Waals surface area contributed by atoms with Crippen LogP contribution in [0.1, 0.15) is 18.4 Å². The smallest absolute Gasteiger partial charge is 0.414 e. The number of methoxy groups -OCH3 is 1. The minimum Gasteiger partial charge on any atom is -0.496 e. The van der Waals surface area contributed by atoms with Crippen molar-refractivity contribution in [3.05, 3.63) is 40.4 Å². The highest BCUT2D eigenvalue weighted by Crippen LogP contribution is 2.43. The highest BCUT2D eigenvalue weighted by atomic mass is 79.9. The summed E-state index contributed by atoms with van der Waals surface area (Å²) in [5, 5.41) is 14.8. The van der Waals surface area contributed by atoms with Crippen molar-refractivity contribution in [2.75, 3.05) is 39.8 Å². The van der Waals surface area contributed by atoms with Gasteiger partial charge in [0.25, 0.3) is 0 Å². The second kappa shape index (κ2) is 10.4. The fraction of sp³-hybridized carbons (Fsp3) is 0.545. The van der Waals surface area contributed by atoms with E-state index in [1.165, 1.54) is 51.1 Å². The molecule has 1 saturated carbocycles. The van der Waals surface area contributed by atoms with E-state index in [4.69, 9.17) is 24.5 Å². The SMILES string of the molecule is COc1ccc(CN2CCN(CC3CC4C=CC3C4)CC2)cc1Br.O=C(O)C(=O)O. The summed E-state index contributed by atoms with van der Waals surface area (Å²) in [6, 6.07) is 6.42. The van der Waals surface area contributed by atoms with E-state index in [0.29, 0.717) is 0 Å². The van der Waals surface area contributed by atoms with Crippen LogP contribution in [0.2, 0.25) is 0 Å². The van der Waals surface area contributed by atoms with Gasteiger partial charge in [-0.15, -0.1) is 0 Å². The summed E-state index contributed by atoms with van der Waals surface area (Å²) in [4.78, 5) is 23.5. The zero-order valence-corrected chi connectivity index (χ0v) is 18.8. The van der Waals surface area contributed by atoms with E-state index in [9.17, 15) is 0 Å². The Kier molecular flexibility index (Phi) is 7.91. The van der Waals surface area contributed by atoms with Crippen LogP contribution in [0, 0.1) is 17.8 Å². The van der Waals surface area contributed by atoms with E-state index in [1.54, 1.807) is 7.11 Å². The van der Waals surface area contributed by atoms with Crippen LogP contribution < -0.4 is 4.74 Å². The standard InChI is InChI=1S/C20H27BrN2O.C2H2O4/c1-24-20-5-3-16(12-19(20)21)13-22-6-8-23(9-7-22)14-18-11-15-2-4-17(18)10-15;3-1(4)2(5)6/h2-5,12,15,17-18H,6-11,13-14H2,1H3;(H,3,4)(H,5,6). The molecular weight excluding hydrogens is 452 g/mol. The lowest BCUT2D eigenvalue weighted by Crippen LogP contribution is -2.47. The third kappa shape index (κ3) is 6.06. The monoisotopic (exact) mass is 480 g/mol. The molecular formula is C22H29BrN2O5. The number of carbonyl (C=O) groups is 2. The number of carboxylic acid groups (broad SMARTS) is 2. The summed E-state index contributed by atoms with van der Waals surface area (Å²) in [7, 11) is 1.71. The van der Waals surface area contributed by atoms with E-state index in [1.807, 2.05) is 0 Å². The van der Waals surface area contributed by atoms with Crippen molar-refractivity contribution in [1.82, 2.24) is 9.80 Å². The van der Waals surface area contributed by atoms with Gasteiger partial charge in [0.05, 0.1) is 11.6 Å². The van der Waals surface area contributed by atoms with Gasteiger partial charge < -0.3 is 19.8 Å². The van der Waals surface area contributed by atoms with Gasteiger partial charge in [-0.05, 0) is 64.2 Å². The van der Waals surface area contributed by atoms with Crippen LogP contribution in [0.15, 0.2) is 34.8 Å². The molecule has 2 fully saturated rings. The number of ether oxygens (including phenoxy) is 1. The van der Waals surface area contributed by atoms with Crippen molar-refractivity contribution in [3.63, 3.8) is 0 Å². The predicted octanol–water partition coefficient (Wildman–Crippen LogP) is 2.94. The van der Waals surface area contributed by atoms with E-state index in [-0.39, 0.29) is 0 Å². The maximum Gasteiger partial charge on any atom is 0.414 e. The van der Waals surface area contributed by atoms with E-state index in [2.05, 4.69) is 56.1 Å². The Morgan fingerprint density at radius 3 is 2.23 bits per heavy atom. The first-order valence-corrected chi connectivity index (χ1v) is 11.1. The number of rotatable bonds is 5. The molecule has 1 heterocycles. The summed E-state index contributed by atoms with van der Waals surface area (Å²) in [6.45, 7) is 7.14. The lowest BCUT2D eigenvalue weighted by Gasteiger charge is -2.37. The first-order chi connectivity index (χ1) is 14.4. The first kappa shape index (κ1) is 22.8. The Labute approximate surface area is 185 Å². The van der Waals surface area contributed by atoms with E-state index < -0.39 is 11.9 Å². The summed E-state index contributed by atoms with van der Waals surface area (Å²) >= 11 is 3.59. The molecule has 1 aromatic rings. The number of fused-ring (bicyclic) bond motifs is 2. The molecule has 2 N–H and O–H groups in total. The van der Waals surface area contributed by atoms with Crippen LogP contribution in [-0.2, 0) is 16.1 Å². The molecule has 2 aliphatic carbocycles. The number of hydrogen-bond acceptors (Lipinski definition) is 5. The van der Waals surface area contributed by atoms with E-state index >= 15 is 0 Å². The molecule has 1 saturated heterocycles. The van der Waals surface area contributed by atoms with Crippen molar-refractivity contribution in [2.45, 2.75) is 19.4 Å². The van der Waals surface area contributed by atoms with Gasteiger partial charge in [-0.25, -0.2) is 9.59 Å². The summed E-state index contributed by atoms with van der Waals surface area (Å²) in [5.41, 5.74) is 1.36. The Hall–Kier alpha value is -1.90. The molecule has 1 aliphatic heterocycles. The third-order valence-electron chi connectivity index (χ3n) is 6.18. The molecule has 3 atom stereocenters. The predicted molar refractivity (Wildman–Crippen MR) is 117 cm³/mol. The van der Waals surface area contributed by atoms with Gasteiger partial charge in [0.1, 0.15) is 5.75 Å². The zero-order chi connectivity index (χ0) is 21.7. The number of halogens is 1. The second-order valence-corrected chi connectivity index (χ2v) is 9.05. The van der Waals surface area contributed by atoms with Crippen molar-refractivity contribution >= 4 is 27.9 Å². The average Bonchev–Trinajstić information content (AvgIpc) is 3.33. The molecule has 7 nitrogen and oxygen atoms in total. The fourth-order valence-corrected chi connectivity index (χ4v) is 5.22. The maximum absolute atomic E-state index is 9.10. The topological polar surface area (TPSA) is 90.3 Å². The van der Waals surface area contributed by atoms with Gasteiger partial charge in [0, 0.05) is 39.3 Å². The quantitative estimate of drug-likeness (QED) is 0.494. The van der Waals surface area contributed by atoms with Gasteiger partial charge in [0.2, 0.25) is 0 Å². The summed E-state index contributed by atoms with van der Waals surface area (Å²) < 4.78 is 6.36. The van der Waals surface area contributed by atoms with Crippen LogP contribution in [0.4, 0.5) is 0 Å². The second-order valence-electron chi connectivity index (χ2n) is 8.20. The maximum atomic E-state index is 9.10. The van der Waals surface area contributed by atoms with Crippen molar-refractivity contribution in [3.8, 4) is 5.75 Å². The number of nitrogens with zero attached hydrogens (tertiary/aromatic N) is 2.